The second kappa shape index (κ2) is 4.77. The van der Waals surface area contributed by atoms with Crippen LogP contribution < -0.4 is 0 Å². The van der Waals surface area contributed by atoms with E-state index >= 15 is 0 Å². The molecule has 0 bridgehead atoms. The van der Waals surface area contributed by atoms with Crippen LogP contribution in [-0.4, -0.2) is 37.7 Å². The van der Waals surface area contributed by atoms with Crippen LogP contribution >= 0.6 is 11.3 Å². The Bertz CT molecular complexity index is 677. The number of amides is 1. The standard InChI is InChI=1S/C12H11N5OS/c1-16(7-9-5-3-2-4-6-9)11(18)10-15-17-8-13-14-12(17)19-10/h2-6,8H,7H2,1H3. The second-order valence-corrected chi connectivity index (χ2v) is 5.07. The number of hydrogen-bond donors (Lipinski definition) is 0. The van der Waals surface area contributed by atoms with Gasteiger partial charge < -0.3 is 4.90 Å². The zero-order chi connectivity index (χ0) is 13.2. The summed E-state index contributed by atoms with van der Waals surface area (Å²) in [6.07, 6.45) is 1.49. The first-order chi connectivity index (χ1) is 9.24. The predicted molar refractivity (Wildman–Crippen MR) is 70.9 cm³/mol. The Hall–Kier alpha value is -2.28. The number of rotatable bonds is 3. The van der Waals surface area contributed by atoms with E-state index in [0.29, 0.717) is 16.5 Å². The molecular weight excluding hydrogens is 262 g/mol. The molecule has 1 aromatic carbocycles. The Morgan fingerprint density at radius 3 is 2.89 bits per heavy atom. The molecule has 0 unspecified atom stereocenters. The minimum Gasteiger partial charge on any atom is -0.335 e. The largest absolute Gasteiger partial charge is 0.335 e. The monoisotopic (exact) mass is 273 g/mol. The van der Waals surface area contributed by atoms with Gasteiger partial charge in [0.2, 0.25) is 9.97 Å². The van der Waals surface area contributed by atoms with Crippen LogP contribution in [0.4, 0.5) is 0 Å². The van der Waals surface area contributed by atoms with Crippen LogP contribution in [0, 0.1) is 0 Å². The van der Waals surface area contributed by atoms with Crippen LogP contribution in [0.15, 0.2) is 36.7 Å². The maximum absolute atomic E-state index is 12.2. The van der Waals surface area contributed by atoms with Crippen LogP contribution in [0.1, 0.15) is 15.4 Å². The van der Waals surface area contributed by atoms with Crippen molar-refractivity contribution in [1.29, 1.82) is 0 Å². The molecule has 0 aliphatic heterocycles. The second-order valence-electron chi connectivity index (χ2n) is 4.11. The zero-order valence-corrected chi connectivity index (χ0v) is 11.0. The lowest BCUT2D eigenvalue weighted by Crippen LogP contribution is -2.26. The van der Waals surface area contributed by atoms with Gasteiger partial charge in [-0.1, -0.05) is 41.7 Å². The van der Waals surface area contributed by atoms with Crippen molar-refractivity contribution in [1.82, 2.24) is 24.7 Å². The molecule has 7 heteroatoms. The number of carbonyl (C=O) groups excluding carboxylic acids is 1. The van der Waals surface area contributed by atoms with Gasteiger partial charge in [-0.3, -0.25) is 4.79 Å². The molecule has 0 spiro atoms. The third-order valence-electron chi connectivity index (χ3n) is 2.68. The number of hydrogen-bond acceptors (Lipinski definition) is 5. The average Bonchev–Trinajstić information content (AvgIpc) is 2.99. The van der Waals surface area contributed by atoms with E-state index < -0.39 is 0 Å². The summed E-state index contributed by atoms with van der Waals surface area (Å²) in [4.78, 5) is 14.5. The number of aromatic nitrogens is 4. The Kier molecular flexibility index (Phi) is 2.96. The highest BCUT2D eigenvalue weighted by atomic mass is 32.1. The third kappa shape index (κ3) is 2.32. The van der Waals surface area contributed by atoms with Crippen molar-refractivity contribution in [2.45, 2.75) is 6.54 Å². The molecule has 0 aliphatic rings. The first-order valence-electron chi connectivity index (χ1n) is 5.70. The van der Waals surface area contributed by atoms with Gasteiger partial charge in [0.25, 0.3) is 5.91 Å². The van der Waals surface area contributed by atoms with E-state index in [2.05, 4.69) is 15.3 Å². The van der Waals surface area contributed by atoms with E-state index in [-0.39, 0.29) is 5.91 Å². The molecule has 6 nitrogen and oxygen atoms in total. The van der Waals surface area contributed by atoms with Gasteiger partial charge in [0.1, 0.15) is 6.33 Å². The molecule has 0 saturated carbocycles. The van der Waals surface area contributed by atoms with Crippen molar-refractivity contribution in [3.63, 3.8) is 0 Å². The van der Waals surface area contributed by atoms with Gasteiger partial charge in [0, 0.05) is 13.6 Å². The van der Waals surface area contributed by atoms with Crippen molar-refractivity contribution in [3.05, 3.63) is 47.2 Å². The molecule has 2 heterocycles. The molecule has 96 valence electrons. The highest BCUT2D eigenvalue weighted by Gasteiger charge is 2.17. The first-order valence-corrected chi connectivity index (χ1v) is 6.52. The molecule has 0 radical (unpaired) electrons. The topological polar surface area (TPSA) is 63.4 Å². The number of fused-ring (bicyclic) bond motifs is 1. The minimum atomic E-state index is -0.112. The lowest BCUT2D eigenvalue weighted by molar-refractivity contribution is 0.0783. The van der Waals surface area contributed by atoms with Crippen molar-refractivity contribution in [2.24, 2.45) is 0 Å². The van der Waals surface area contributed by atoms with Gasteiger partial charge in [-0.15, -0.1) is 15.3 Å². The van der Waals surface area contributed by atoms with Crippen LogP contribution in [0.2, 0.25) is 0 Å². The van der Waals surface area contributed by atoms with Gasteiger partial charge in [0.15, 0.2) is 0 Å². The lowest BCUT2D eigenvalue weighted by Gasteiger charge is -2.15. The van der Waals surface area contributed by atoms with Crippen molar-refractivity contribution >= 4 is 22.2 Å². The molecule has 0 N–H and O–H groups in total. The maximum Gasteiger partial charge on any atom is 0.284 e. The van der Waals surface area contributed by atoms with Gasteiger partial charge in [0.05, 0.1) is 0 Å². The molecule has 1 amide bonds. The van der Waals surface area contributed by atoms with Gasteiger partial charge in [-0.25, -0.2) is 0 Å². The molecule has 0 atom stereocenters. The molecule has 3 aromatic rings. The summed E-state index contributed by atoms with van der Waals surface area (Å²) in [5, 5.41) is 12.1. The fraction of sp³-hybridized carbons (Fsp3) is 0.167. The molecule has 19 heavy (non-hydrogen) atoms. The summed E-state index contributed by atoms with van der Waals surface area (Å²) in [6.45, 7) is 0.555. The molecule has 0 saturated heterocycles. The molecule has 0 aliphatic carbocycles. The number of benzene rings is 1. The van der Waals surface area contributed by atoms with E-state index in [0.717, 1.165) is 5.56 Å². The maximum atomic E-state index is 12.2. The summed E-state index contributed by atoms with van der Waals surface area (Å²) in [6, 6.07) is 9.84. The predicted octanol–water partition coefficient (Wildman–Crippen LogP) is 1.46. The van der Waals surface area contributed by atoms with Crippen LogP contribution in [-0.2, 0) is 6.54 Å². The molecule has 2 aromatic heterocycles. The Balaban J connectivity index is 1.78. The van der Waals surface area contributed by atoms with Gasteiger partial charge in [-0.2, -0.15) is 4.52 Å². The van der Waals surface area contributed by atoms with E-state index in [1.165, 1.54) is 22.2 Å². The van der Waals surface area contributed by atoms with Crippen LogP contribution in [0.3, 0.4) is 0 Å². The number of carbonyl (C=O) groups is 1. The summed E-state index contributed by atoms with van der Waals surface area (Å²) in [5.74, 6) is -0.112. The van der Waals surface area contributed by atoms with Gasteiger partial charge >= 0.3 is 0 Å². The number of nitrogens with zero attached hydrogens (tertiary/aromatic N) is 5. The Labute approximate surface area is 113 Å². The summed E-state index contributed by atoms with van der Waals surface area (Å²) < 4.78 is 1.51. The average molecular weight is 273 g/mol. The normalized spacial score (nSPS) is 10.8. The quantitative estimate of drug-likeness (QED) is 0.724. The summed E-state index contributed by atoms with van der Waals surface area (Å²) >= 11 is 1.24. The molecule has 0 fully saturated rings. The van der Waals surface area contributed by atoms with Crippen molar-refractivity contribution in [3.8, 4) is 0 Å². The highest BCUT2D eigenvalue weighted by molar-refractivity contribution is 7.18. The van der Waals surface area contributed by atoms with E-state index in [1.54, 1.807) is 11.9 Å². The lowest BCUT2D eigenvalue weighted by atomic mass is 10.2. The van der Waals surface area contributed by atoms with Crippen molar-refractivity contribution in [2.75, 3.05) is 7.05 Å². The Morgan fingerprint density at radius 2 is 2.16 bits per heavy atom. The SMILES string of the molecule is CN(Cc1ccccc1)C(=O)c1nn2cnnc2s1. The zero-order valence-electron chi connectivity index (χ0n) is 10.2. The summed E-state index contributed by atoms with van der Waals surface area (Å²) in [7, 11) is 1.76. The van der Waals surface area contributed by atoms with Crippen molar-refractivity contribution < 1.29 is 4.79 Å². The van der Waals surface area contributed by atoms with Crippen LogP contribution in [0.25, 0.3) is 4.96 Å². The smallest absolute Gasteiger partial charge is 0.284 e. The minimum absolute atomic E-state index is 0.112. The van der Waals surface area contributed by atoms with E-state index in [1.807, 2.05) is 30.3 Å². The van der Waals surface area contributed by atoms with Gasteiger partial charge in [-0.05, 0) is 5.56 Å². The fourth-order valence-corrected chi connectivity index (χ4v) is 2.55. The van der Waals surface area contributed by atoms with Crippen LogP contribution in [0.5, 0.6) is 0 Å². The highest BCUT2D eigenvalue weighted by Crippen LogP contribution is 2.14. The first kappa shape index (κ1) is 11.8. The molecular formula is C12H11N5OS. The summed E-state index contributed by atoms with van der Waals surface area (Å²) in [5.41, 5.74) is 1.08. The van der Waals surface area contributed by atoms with E-state index in [9.17, 15) is 4.79 Å². The fourth-order valence-electron chi connectivity index (χ4n) is 1.74. The third-order valence-corrected chi connectivity index (χ3v) is 3.58. The Morgan fingerprint density at radius 1 is 1.37 bits per heavy atom. The van der Waals surface area contributed by atoms with E-state index in [4.69, 9.17) is 0 Å². The molecule has 3 rings (SSSR count).